The molecule has 15 heavy (non-hydrogen) atoms. The molecule has 1 aliphatic rings. The summed E-state index contributed by atoms with van der Waals surface area (Å²) in [6.07, 6.45) is 2.39. The zero-order valence-corrected chi connectivity index (χ0v) is 10.4. The Kier molecular flexibility index (Phi) is 2.14. The van der Waals surface area contributed by atoms with Crippen molar-refractivity contribution in [2.24, 2.45) is 0 Å². The molecule has 1 aliphatic carbocycles. The van der Waals surface area contributed by atoms with Gasteiger partial charge in [0.05, 0.1) is 0 Å². The van der Waals surface area contributed by atoms with Crippen LogP contribution in [0, 0.1) is 0 Å². The highest BCUT2D eigenvalue weighted by Crippen LogP contribution is 2.54. The first kappa shape index (κ1) is 9.48. The average molecular weight is 281 g/mol. The molecule has 0 aliphatic heterocycles. The molecule has 0 amide bonds. The van der Waals surface area contributed by atoms with E-state index in [0.29, 0.717) is 0 Å². The van der Waals surface area contributed by atoms with Gasteiger partial charge in [0.1, 0.15) is 5.01 Å². The van der Waals surface area contributed by atoms with Crippen LogP contribution in [0.1, 0.15) is 23.4 Å². The molecule has 1 saturated carbocycles. The van der Waals surface area contributed by atoms with E-state index in [1.165, 1.54) is 18.4 Å². The van der Waals surface area contributed by atoms with E-state index in [-0.39, 0.29) is 5.41 Å². The van der Waals surface area contributed by atoms with Gasteiger partial charge in [-0.1, -0.05) is 41.7 Å². The second kappa shape index (κ2) is 3.39. The summed E-state index contributed by atoms with van der Waals surface area (Å²) in [5, 5.41) is 9.42. The summed E-state index contributed by atoms with van der Waals surface area (Å²) in [6.45, 7) is 0. The van der Waals surface area contributed by atoms with Crippen molar-refractivity contribution in [3.63, 3.8) is 0 Å². The van der Waals surface area contributed by atoms with Gasteiger partial charge in [0.15, 0.2) is 3.92 Å². The van der Waals surface area contributed by atoms with Crippen LogP contribution in [0.5, 0.6) is 0 Å². The minimum absolute atomic E-state index is 0.172. The molecule has 0 atom stereocenters. The fraction of sp³-hybridized carbons (Fsp3) is 0.273. The van der Waals surface area contributed by atoms with Gasteiger partial charge in [0.25, 0.3) is 0 Å². The van der Waals surface area contributed by atoms with Crippen LogP contribution in [0.15, 0.2) is 34.2 Å². The van der Waals surface area contributed by atoms with Crippen LogP contribution >= 0.6 is 27.3 Å². The maximum atomic E-state index is 4.25. The fourth-order valence-corrected chi connectivity index (χ4v) is 3.29. The maximum absolute atomic E-state index is 4.25. The van der Waals surface area contributed by atoms with E-state index < -0.39 is 0 Å². The van der Waals surface area contributed by atoms with Crippen molar-refractivity contribution in [3.05, 3.63) is 44.8 Å². The first-order chi connectivity index (χ1) is 7.31. The Balaban J connectivity index is 2.05. The third-order valence-corrected chi connectivity index (χ3v) is 4.45. The largest absolute Gasteiger partial charge is 0.183 e. The molecule has 0 radical (unpaired) electrons. The summed E-state index contributed by atoms with van der Waals surface area (Å²) in [5.41, 5.74) is 1.54. The van der Waals surface area contributed by atoms with Crippen molar-refractivity contribution >= 4 is 27.3 Å². The topological polar surface area (TPSA) is 25.8 Å². The lowest BCUT2D eigenvalue weighted by molar-refractivity contribution is 0.805. The van der Waals surface area contributed by atoms with E-state index in [4.69, 9.17) is 0 Å². The van der Waals surface area contributed by atoms with Crippen molar-refractivity contribution in [1.82, 2.24) is 10.2 Å². The molecule has 0 N–H and O–H groups in total. The van der Waals surface area contributed by atoms with Gasteiger partial charge in [-0.3, -0.25) is 0 Å². The molecule has 3 rings (SSSR count). The van der Waals surface area contributed by atoms with Crippen molar-refractivity contribution in [2.45, 2.75) is 18.3 Å². The van der Waals surface area contributed by atoms with Gasteiger partial charge in [0, 0.05) is 5.41 Å². The smallest absolute Gasteiger partial charge is 0.142 e. The van der Waals surface area contributed by atoms with E-state index in [1.807, 2.05) is 0 Å². The molecule has 1 heterocycles. The van der Waals surface area contributed by atoms with Gasteiger partial charge in [-0.2, -0.15) is 0 Å². The van der Waals surface area contributed by atoms with Crippen LogP contribution in [0.4, 0.5) is 0 Å². The van der Waals surface area contributed by atoms with Crippen molar-refractivity contribution in [2.75, 3.05) is 0 Å². The van der Waals surface area contributed by atoms with Crippen LogP contribution in [0.25, 0.3) is 0 Å². The summed E-state index contributed by atoms with van der Waals surface area (Å²) in [6, 6.07) is 10.6. The summed E-state index contributed by atoms with van der Waals surface area (Å²) in [7, 11) is 0. The molecule has 0 spiro atoms. The molecule has 0 unspecified atom stereocenters. The summed E-state index contributed by atoms with van der Waals surface area (Å²) in [5.74, 6) is 0. The predicted octanol–water partition coefficient (Wildman–Crippen LogP) is 3.38. The number of hydrogen-bond donors (Lipinski definition) is 0. The molecule has 76 valence electrons. The van der Waals surface area contributed by atoms with E-state index >= 15 is 0 Å². The van der Waals surface area contributed by atoms with Crippen LogP contribution in [-0.2, 0) is 5.41 Å². The van der Waals surface area contributed by atoms with Gasteiger partial charge in [-0.25, -0.2) is 0 Å². The van der Waals surface area contributed by atoms with Crippen LogP contribution in [-0.4, -0.2) is 10.2 Å². The Hall–Kier alpha value is -0.740. The van der Waals surface area contributed by atoms with E-state index in [9.17, 15) is 0 Å². The second-order valence-electron chi connectivity index (χ2n) is 3.81. The van der Waals surface area contributed by atoms with Crippen LogP contribution in [0.3, 0.4) is 0 Å². The number of rotatable bonds is 2. The fourth-order valence-electron chi connectivity index (χ4n) is 1.91. The Bertz CT molecular complexity index is 476. The molecular formula is C11H9BrN2S. The standard InChI is InChI=1S/C11H9BrN2S/c12-10-14-13-9(15-10)11(6-7-11)8-4-2-1-3-5-8/h1-5H,6-7H2. The lowest BCUT2D eigenvalue weighted by Crippen LogP contribution is -2.07. The number of hydrogen-bond acceptors (Lipinski definition) is 3. The van der Waals surface area contributed by atoms with Crippen molar-refractivity contribution in [3.8, 4) is 0 Å². The highest BCUT2D eigenvalue weighted by atomic mass is 79.9. The van der Waals surface area contributed by atoms with Gasteiger partial charge in [-0.05, 0) is 34.3 Å². The van der Waals surface area contributed by atoms with Gasteiger partial charge in [0.2, 0.25) is 0 Å². The first-order valence-electron chi connectivity index (χ1n) is 4.86. The third kappa shape index (κ3) is 1.52. The minimum atomic E-state index is 0.172. The highest BCUT2D eigenvalue weighted by molar-refractivity contribution is 9.11. The monoisotopic (exact) mass is 280 g/mol. The van der Waals surface area contributed by atoms with Crippen molar-refractivity contribution in [1.29, 1.82) is 0 Å². The lowest BCUT2D eigenvalue weighted by atomic mass is 9.97. The predicted molar refractivity (Wildman–Crippen MR) is 64.1 cm³/mol. The quantitative estimate of drug-likeness (QED) is 0.843. The molecule has 1 fully saturated rings. The molecule has 0 saturated heterocycles. The number of halogens is 1. The molecule has 1 aromatic heterocycles. The Labute approximate surface area is 100 Å². The molecular weight excluding hydrogens is 272 g/mol. The van der Waals surface area contributed by atoms with Gasteiger partial charge in [-0.15, -0.1) is 10.2 Å². The molecule has 4 heteroatoms. The number of benzene rings is 1. The minimum Gasteiger partial charge on any atom is -0.142 e. The Morgan fingerprint density at radius 1 is 1.13 bits per heavy atom. The second-order valence-corrected chi connectivity index (χ2v) is 6.06. The summed E-state index contributed by atoms with van der Waals surface area (Å²) in [4.78, 5) is 0. The number of aromatic nitrogens is 2. The van der Waals surface area contributed by atoms with Crippen molar-refractivity contribution < 1.29 is 0 Å². The van der Waals surface area contributed by atoms with E-state index in [1.54, 1.807) is 11.3 Å². The summed E-state index contributed by atoms with van der Waals surface area (Å²) < 4.78 is 0.875. The zero-order chi connectivity index (χ0) is 10.3. The highest BCUT2D eigenvalue weighted by Gasteiger charge is 2.48. The molecule has 2 aromatic rings. The van der Waals surface area contributed by atoms with Crippen LogP contribution < -0.4 is 0 Å². The SMILES string of the molecule is Brc1nnc(C2(c3ccccc3)CC2)s1. The van der Waals surface area contributed by atoms with E-state index in [2.05, 4.69) is 56.5 Å². The molecule has 2 nitrogen and oxygen atoms in total. The third-order valence-electron chi connectivity index (χ3n) is 2.89. The number of nitrogens with zero attached hydrogens (tertiary/aromatic N) is 2. The Morgan fingerprint density at radius 3 is 2.40 bits per heavy atom. The van der Waals surface area contributed by atoms with E-state index in [0.717, 1.165) is 8.92 Å². The van der Waals surface area contributed by atoms with Gasteiger partial charge < -0.3 is 0 Å². The molecule has 0 bridgehead atoms. The zero-order valence-electron chi connectivity index (χ0n) is 7.98. The molecule has 1 aromatic carbocycles. The first-order valence-corrected chi connectivity index (χ1v) is 6.47. The normalized spacial score (nSPS) is 17.7. The average Bonchev–Trinajstić information content (AvgIpc) is 2.98. The lowest BCUT2D eigenvalue weighted by Gasteiger charge is -2.10. The Morgan fingerprint density at radius 2 is 1.87 bits per heavy atom. The maximum Gasteiger partial charge on any atom is 0.183 e. The summed E-state index contributed by atoms with van der Waals surface area (Å²) >= 11 is 5.02. The van der Waals surface area contributed by atoms with Crippen LogP contribution in [0.2, 0.25) is 0 Å². The van der Waals surface area contributed by atoms with Gasteiger partial charge >= 0.3 is 0 Å².